The van der Waals surface area contributed by atoms with Gasteiger partial charge in [0, 0.05) is 43.6 Å². The summed E-state index contributed by atoms with van der Waals surface area (Å²) in [6.07, 6.45) is 2.46. The van der Waals surface area contributed by atoms with Crippen molar-refractivity contribution < 1.29 is 13.9 Å². The fourth-order valence-electron chi connectivity index (χ4n) is 3.48. The summed E-state index contributed by atoms with van der Waals surface area (Å²) in [5.74, 6) is -0.0879. The number of fused-ring (bicyclic) bond motifs is 1. The van der Waals surface area contributed by atoms with E-state index in [1.807, 2.05) is 42.5 Å². The van der Waals surface area contributed by atoms with Crippen molar-refractivity contribution in [2.75, 3.05) is 25.6 Å². The van der Waals surface area contributed by atoms with Gasteiger partial charge in [-0.15, -0.1) is 0 Å². The second-order valence-electron chi connectivity index (χ2n) is 7.58. The van der Waals surface area contributed by atoms with E-state index in [2.05, 4.69) is 15.3 Å². The summed E-state index contributed by atoms with van der Waals surface area (Å²) in [4.78, 5) is 23.9. The van der Waals surface area contributed by atoms with Crippen LogP contribution < -0.4 is 5.32 Å². The number of benzene rings is 2. The van der Waals surface area contributed by atoms with Crippen molar-refractivity contribution in [3.05, 3.63) is 88.7 Å². The van der Waals surface area contributed by atoms with E-state index in [-0.39, 0.29) is 5.91 Å². The lowest BCUT2D eigenvalue weighted by molar-refractivity contribution is 0.0721. The molecule has 2 heterocycles. The van der Waals surface area contributed by atoms with Gasteiger partial charge in [-0.25, -0.2) is 0 Å². The van der Waals surface area contributed by atoms with Crippen molar-refractivity contribution in [2.45, 2.75) is 19.5 Å². The SMILES string of the molecule is COCCCN(Cc1ccccn1)C(=O)c1ccc2oc(NCc3cccc(Cl)c3)nc2c1. The van der Waals surface area contributed by atoms with Crippen LogP contribution in [0.4, 0.5) is 6.01 Å². The topological polar surface area (TPSA) is 80.5 Å². The number of nitrogens with zero attached hydrogens (tertiary/aromatic N) is 3. The van der Waals surface area contributed by atoms with Gasteiger partial charge in [0.15, 0.2) is 5.58 Å². The number of amides is 1. The lowest BCUT2D eigenvalue weighted by atomic mass is 10.1. The highest BCUT2D eigenvalue weighted by Crippen LogP contribution is 2.22. The third-order valence-corrected chi connectivity index (χ3v) is 5.35. The maximum atomic E-state index is 13.3. The molecule has 8 heteroatoms. The van der Waals surface area contributed by atoms with E-state index in [0.29, 0.717) is 53.9 Å². The van der Waals surface area contributed by atoms with Gasteiger partial charge in [-0.2, -0.15) is 4.98 Å². The first-order valence-corrected chi connectivity index (χ1v) is 11.1. The quantitative estimate of drug-likeness (QED) is 0.326. The van der Waals surface area contributed by atoms with Crippen LogP contribution >= 0.6 is 11.6 Å². The predicted molar refractivity (Wildman–Crippen MR) is 128 cm³/mol. The molecule has 2 aromatic carbocycles. The van der Waals surface area contributed by atoms with Crippen molar-refractivity contribution in [2.24, 2.45) is 0 Å². The highest BCUT2D eigenvalue weighted by molar-refractivity contribution is 6.30. The first kappa shape index (κ1) is 22.8. The van der Waals surface area contributed by atoms with Crippen molar-refractivity contribution in [3.8, 4) is 0 Å². The third-order valence-electron chi connectivity index (χ3n) is 5.11. The van der Waals surface area contributed by atoms with E-state index in [1.165, 1.54) is 0 Å². The molecule has 0 bridgehead atoms. The van der Waals surface area contributed by atoms with Crippen molar-refractivity contribution in [1.82, 2.24) is 14.9 Å². The number of pyridine rings is 1. The fourth-order valence-corrected chi connectivity index (χ4v) is 3.70. The van der Waals surface area contributed by atoms with E-state index in [9.17, 15) is 4.79 Å². The van der Waals surface area contributed by atoms with Gasteiger partial charge in [-0.05, 0) is 54.4 Å². The number of methoxy groups -OCH3 is 1. The predicted octanol–water partition coefficient (Wildman–Crippen LogP) is 5.17. The Morgan fingerprint density at radius 3 is 2.85 bits per heavy atom. The average Bonchev–Trinajstić information content (AvgIpc) is 3.25. The Morgan fingerprint density at radius 1 is 1.15 bits per heavy atom. The zero-order valence-corrected chi connectivity index (χ0v) is 19.1. The minimum atomic E-state index is -0.0879. The third kappa shape index (κ3) is 6.09. The largest absolute Gasteiger partial charge is 0.424 e. The Hall–Kier alpha value is -3.42. The highest BCUT2D eigenvalue weighted by atomic mass is 35.5. The number of carbonyl (C=O) groups is 1. The number of carbonyl (C=O) groups excluding carboxylic acids is 1. The molecule has 0 aliphatic rings. The number of rotatable bonds is 10. The fraction of sp³-hybridized carbons (Fsp3) is 0.240. The number of aromatic nitrogens is 2. The van der Waals surface area contributed by atoms with Gasteiger partial charge < -0.3 is 19.4 Å². The molecule has 4 rings (SSSR count). The number of oxazole rings is 1. The van der Waals surface area contributed by atoms with Gasteiger partial charge in [0.05, 0.1) is 12.2 Å². The van der Waals surface area contributed by atoms with E-state index in [4.69, 9.17) is 20.8 Å². The molecule has 0 unspecified atom stereocenters. The van der Waals surface area contributed by atoms with Crippen LogP contribution in [0.5, 0.6) is 0 Å². The lowest BCUT2D eigenvalue weighted by Gasteiger charge is -2.22. The van der Waals surface area contributed by atoms with Gasteiger partial charge in [-0.1, -0.05) is 29.8 Å². The van der Waals surface area contributed by atoms with Gasteiger partial charge in [0.2, 0.25) is 0 Å². The molecule has 4 aromatic rings. The zero-order valence-electron chi connectivity index (χ0n) is 18.3. The van der Waals surface area contributed by atoms with E-state index >= 15 is 0 Å². The van der Waals surface area contributed by atoms with Gasteiger partial charge in [0.1, 0.15) is 5.52 Å². The average molecular weight is 465 g/mol. The van der Waals surface area contributed by atoms with Crippen molar-refractivity contribution >= 4 is 34.6 Å². The smallest absolute Gasteiger partial charge is 0.295 e. The Kier molecular flexibility index (Phi) is 7.55. The number of hydrogen-bond acceptors (Lipinski definition) is 6. The van der Waals surface area contributed by atoms with Crippen molar-refractivity contribution in [3.63, 3.8) is 0 Å². The summed E-state index contributed by atoms with van der Waals surface area (Å²) in [6.45, 7) is 2.09. The van der Waals surface area contributed by atoms with Crippen LogP contribution in [0, 0.1) is 0 Å². The van der Waals surface area contributed by atoms with Crippen molar-refractivity contribution in [1.29, 1.82) is 0 Å². The molecule has 0 saturated heterocycles. The summed E-state index contributed by atoms with van der Waals surface area (Å²) >= 11 is 6.04. The number of hydrogen-bond donors (Lipinski definition) is 1. The summed E-state index contributed by atoms with van der Waals surface area (Å²) in [7, 11) is 1.65. The number of ether oxygens (including phenoxy) is 1. The monoisotopic (exact) mass is 464 g/mol. The molecule has 2 aromatic heterocycles. The molecule has 0 radical (unpaired) electrons. The number of halogens is 1. The maximum absolute atomic E-state index is 13.3. The number of anilines is 1. The Morgan fingerprint density at radius 2 is 2.06 bits per heavy atom. The van der Waals surface area contributed by atoms with Crippen LogP contribution in [0.1, 0.15) is 28.0 Å². The molecule has 7 nitrogen and oxygen atoms in total. The molecule has 0 spiro atoms. The molecule has 33 heavy (non-hydrogen) atoms. The molecule has 0 aliphatic carbocycles. The minimum absolute atomic E-state index is 0.0879. The van der Waals surface area contributed by atoms with Crippen LogP contribution in [0.25, 0.3) is 11.1 Å². The Bertz CT molecular complexity index is 1210. The summed E-state index contributed by atoms with van der Waals surface area (Å²) < 4.78 is 10.9. The van der Waals surface area contributed by atoms with Crippen LogP contribution in [-0.4, -0.2) is 41.0 Å². The standard InChI is InChI=1S/C25H25ClN4O3/c1-32-13-5-12-30(17-21-8-2-3-11-27-21)24(31)19-9-10-23-22(15-19)29-25(33-23)28-16-18-6-4-7-20(26)14-18/h2-4,6-11,14-15H,5,12-13,16-17H2,1H3,(H,28,29). The lowest BCUT2D eigenvalue weighted by Crippen LogP contribution is -2.32. The van der Waals surface area contributed by atoms with Gasteiger partial charge in [0.25, 0.3) is 11.9 Å². The van der Waals surface area contributed by atoms with Crippen LogP contribution in [0.2, 0.25) is 5.02 Å². The summed E-state index contributed by atoms with van der Waals surface area (Å²) in [5, 5.41) is 3.84. The van der Waals surface area contributed by atoms with Crippen LogP contribution in [0.15, 0.2) is 71.3 Å². The first-order chi connectivity index (χ1) is 16.1. The maximum Gasteiger partial charge on any atom is 0.295 e. The van der Waals surface area contributed by atoms with Gasteiger partial charge in [-0.3, -0.25) is 9.78 Å². The zero-order chi connectivity index (χ0) is 23.0. The molecule has 170 valence electrons. The first-order valence-electron chi connectivity index (χ1n) is 10.7. The Balaban J connectivity index is 1.49. The molecular formula is C25H25ClN4O3. The summed E-state index contributed by atoms with van der Waals surface area (Å²) in [6, 6.07) is 18.9. The molecule has 0 atom stereocenters. The molecule has 1 N–H and O–H groups in total. The molecule has 0 fully saturated rings. The summed E-state index contributed by atoms with van der Waals surface area (Å²) in [5.41, 5.74) is 3.62. The molecule has 0 saturated carbocycles. The number of nitrogens with one attached hydrogen (secondary N) is 1. The van der Waals surface area contributed by atoms with Gasteiger partial charge >= 0.3 is 0 Å². The highest BCUT2D eigenvalue weighted by Gasteiger charge is 2.18. The second-order valence-corrected chi connectivity index (χ2v) is 8.02. The van der Waals surface area contributed by atoms with Crippen LogP contribution in [-0.2, 0) is 17.8 Å². The molecule has 0 aliphatic heterocycles. The molecular weight excluding hydrogens is 440 g/mol. The van der Waals surface area contributed by atoms with E-state index < -0.39 is 0 Å². The Labute approximate surface area is 197 Å². The second kappa shape index (κ2) is 10.9. The molecule has 1 amide bonds. The van der Waals surface area contributed by atoms with E-state index in [1.54, 1.807) is 36.4 Å². The van der Waals surface area contributed by atoms with E-state index in [0.717, 1.165) is 17.7 Å². The minimum Gasteiger partial charge on any atom is -0.424 e. The van der Waals surface area contributed by atoms with Crippen LogP contribution in [0.3, 0.4) is 0 Å². The normalized spacial score (nSPS) is 11.0.